The number of hydrogen-bond acceptors (Lipinski definition) is 5. The number of pyridine rings is 1. The molecule has 1 aliphatic heterocycles. The van der Waals surface area contributed by atoms with Crippen molar-refractivity contribution in [3.63, 3.8) is 0 Å². The van der Waals surface area contributed by atoms with Crippen molar-refractivity contribution in [1.82, 2.24) is 20.3 Å². The van der Waals surface area contributed by atoms with Crippen LogP contribution in [0.2, 0.25) is 0 Å². The van der Waals surface area contributed by atoms with Crippen LogP contribution >= 0.6 is 0 Å². The summed E-state index contributed by atoms with van der Waals surface area (Å²) in [5.41, 5.74) is 2.61. The maximum atomic E-state index is 13.9. The van der Waals surface area contributed by atoms with Crippen molar-refractivity contribution in [2.45, 2.75) is 32.2 Å². The van der Waals surface area contributed by atoms with E-state index in [1.54, 1.807) is 30.7 Å². The van der Waals surface area contributed by atoms with Crippen LogP contribution in [0.1, 0.15) is 25.8 Å². The molecule has 6 nitrogen and oxygen atoms in total. The Morgan fingerprint density at radius 3 is 2.45 bits per heavy atom. The van der Waals surface area contributed by atoms with Gasteiger partial charge < -0.3 is 10.6 Å². The quantitative estimate of drug-likeness (QED) is 0.686. The molecule has 1 saturated heterocycles. The van der Waals surface area contributed by atoms with E-state index in [0.717, 1.165) is 5.56 Å². The zero-order chi connectivity index (χ0) is 20.6. The number of hydrogen-bond donors (Lipinski definition) is 2. The van der Waals surface area contributed by atoms with E-state index >= 15 is 0 Å². The van der Waals surface area contributed by atoms with Crippen LogP contribution in [0.5, 0.6) is 0 Å². The first kappa shape index (κ1) is 19.2. The lowest BCUT2D eigenvalue weighted by molar-refractivity contribution is -0.122. The summed E-state index contributed by atoms with van der Waals surface area (Å²) < 4.78 is 27.8. The number of halogens is 2. The van der Waals surface area contributed by atoms with E-state index in [9.17, 15) is 13.6 Å². The maximum absolute atomic E-state index is 13.9. The van der Waals surface area contributed by atoms with Crippen LogP contribution in [0, 0.1) is 5.92 Å². The van der Waals surface area contributed by atoms with Crippen LogP contribution in [-0.4, -0.2) is 33.4 Å². The van der Waals surface area contributed by atoms with Gasteiger partial charge in [-0.3, -0.25) is 9.78 Å². The lowest BCUT2D eigenvalue weighted by Crippen LogP contribution is -2.27. The van der Waals surface area contributed by atoms with Crippen molar-refractivity contribution >= 4 is 22.8 Å². The highest BCUT2D eigenvalue weighted by molar-refractivity contribution is 5.96. The van der Waals surface area contributed by atoms with Crippen molar-refractivity contribution < 1.29 is 13.6 Å². The Balaban J connectivity index is 1.71. The second-order valence-corrected chi connectivity index (χ2v) is 7.19. The number of rotatable bonds is 5. The topological polar surface area (TPSA) is 79.8 Å². The minimum absolute atomic E-state index is 0.00141. The van der Waals surface area contributed by atoms with Gasteiger partial charge in [-0.05, 0) is 5.56 Å². The minimum Gasteiger partial charge on any atom is -0.363 e. The molecular formula is C21H21F2N5O. The molecule has 1 amide bonds. The normalized spacial score (nSPS) is 19.4. The summed E-state index contributed by atoms with van der Waals surface area (Å²) in [6.45, 7) is 3.83. The molecule has 0 saturated carbocycles. The molecule has 1 aliphatic rings. The Morgan fingerprint density at radius 2 is 1.83 bits per heavy atom. The fourth-order valence-corrected chi connectivity index (χ4v) is 3.46. The van der Waals surface area contributed by atoms with Gasteiger partial charge in [0.05, 0.1) is 12.0 Å². The van der Waals surface area contributed by atoms with E-state index in [1.807, 2.05) is 6.92 Å². The molecule has 0 spiro atoms. The molecule has 3 heterocycles. The van der Waals surface area contributed by atoms with Crippen molar-refractivity contribution in [3.8, 4) is 11.1 Å². The second kappa shape index (κ2) is 7.35. The first-order valence-electron chi connectivity index (χ1n) is 9.53. The van der Waals surface area contributed by atoms with Gasteiger partial charge in [0.25, 0.3) is 5.92 Å². The van der Waals surface area contributed by atoms with E-state index in [1.165, 1.54) is 19.1 Å². The molecular weight excluding hydrogens is 376 g/mol. The van der Waals surface area contributed by atoms with Crippen molar-refractivity contribution in [2.24, 2.45) is 5.92 Å². The first-order chi connectivity index (χ1) is 13.9. The molecule has 3 aromatic rings. The van der Waals surface area contributed by atoms with Gasteiger partial charge in [-0.25, -0.2) is 18.7 Å². The summed E-state index contributed by atoms with van der Waals surface area (Å²) >= 11 is 0. The predicted molar refractivity (Wildman–Crippen MR) is 107 cm³/mol. The van der Waals surface area contributed by atoms with E-state index < -0.39 is 5.92 Å². The summed E-state index contributed by atoms with van der Waals surface area (Å²) in [6.07, 6.45) is 4.56. The molecule has 4 rings (SSSR count). The van der Waals surface area contributed by atoms with E-state index in [4.69, 9.17) is 0 Å². The average Bonchev–Trinajstić information content (AvgIpc) is 3.06. The summed E-state index contributed by atoms with van der Waals surface area (Å²) in [5.74, 6) is -2.50. The molecule has 2 aromatic heterocycles. The zero-order valence-corrected chi connectivity index (χ0v) is 16.1. The first-order valence-corrected chi connectivity index (χ1v) is 9.53. The molecule has 0 aliphatic carbocycles. The molecule has 29 heavy (non-hydrogen) atoms. The van der Waals surface area contributed by atoms with Crippen molar-refractivity contribution in [3.05, 3.63) is 48.4 Å². The SMILES string of the molecule is CCC(F)(F)c1ccc(-c2cnc(N[C@@H]3CNC(=O)[C@H]3C)c3nccnc23)cc1. The van der Waals surface area contributed by atoms with E-state index in [2.05, 4.69) is 25.6 Å². The largest absolute Gasteiger partial charge is 0.363 e. The Kier molecular flexibility index (Phi) is 4.86. The van der Waals surface area contributed by atoms with Crippen molar-refractivity contribution in [1.29, 1.82) is 0 Å². The van der Waals surface area contributed by atoms with Crippen LogP contribution in [0.3, 0.4) is 0 Å². The predicted octanol–water partition coefficient (Wildman–Crippen LogP) is 3.74. The summed E-state index contributed by atoms with van der Waals surface area (Å²) in [4.78, 5) is 25.1. The van der Waals surface area contributed by atoms with Gasteiger partial charge in [0, 0.05) is 42.7 Å². The monoisotopic (exact) mass is 397 g/mol. The Hall–Kier alpha value is -3.16. The van der Waals surface area contributed by atoms with Crippen molar-refractivity contribution in [2.75, 3.05) is 11.9 Å². The highest BCUT2D eigenvalue weighted by atomic mass is 19.3. The van der Waals surface area contributed by atoms with Gasteiger partial charge in [0.15, 0.2) is 5.82 Å². The summed E-state index contributed by atoms with van der Waals surface area (Å²) in [7, 11) is 0. The molecule has 0 unspecified atom stereocenters. The van der Waals surface area contributed by atoms with Gasteiger partial charge >= 0.3 is 0 Å². The van der Waals surface area contributed by atoms with E-state index in [-0.39, 0.29) is 29.9 Å². The molecule has 1 aromatic carbocycles. The number of nitrogens with zero attached hydrogens (tertiary/aromatic N) is 3. The minimum atomic E-state index is -2.85. The van der Waals surface area contributed by atoms with Gasteiger partial charge in [0.2, 0.25) is 5.91 Å². The Morgan fingerprint density at radius 1 is 1.14 bits per heavy atom. The molecule has 2 atom stereocenters. The molecule has 1 fully saturated rings. The number of nitrogens with one attached hydrogen (secondary N) is 2. The number of benzene rings is 1. The lowest BCUT2D eigenvalue weighted by Gasteiger charge is -2.17. The standard InChI is InChI=1S/C21H21F2N5O/c1-3-21(22,23)14-6-4-13(5-7-14)15-10-26-19(18-17(15)24-8-9-25-18)28-16-11-27-20(29)12(16)2/h4-10,12,16H,3,11H2,1-2H3,(H,26,28)(H,27,29)/t12-,16+/m0/s1. The summed E-state index contributed by atoms with van der Waals surface area (Å²) in [5, 5.41) is 6.10. The number of anilines is 1. The summed E-state index contributed by atoms with van der Waals surface area (Å²) in [6, 6.07) is 6.08. The van der Waals surface area contributed by atoms with Gasteiger partial charge in [0.1, 0.15) is 11.0 Å². The third-order valence-electron chi connectivity index (χ3n) is 5.40. The third-order valence-corrected chi connectivity index (χ3v) is 5.40. The smallest absolute Gasteiger partial charge is 0.273 e. The fourth-order valence-electron chi connectivity index (χ4n) is 3.46. The van der Waals surface area contributed by atoms with Crippen LogP contribution in [-0.2, 0) is 10.7 Å². The molecule has 2 N–H and O–H groups in total. The molecule has 150 valence electrons. The Bertz CT molecular complexity index is 1050. The number of aromatic nitrogens is 3. The van der Waals surface area contributed by atoms with Gasteiger partial charge in [-0.2, -0.15) is 0 Å². The number of amides is 1. The fraction of sp³-hybridized carbons (Fsp3) is 0.333. The highest BCUT2D eigenvalue weighted by Gasteiger charge is 2.31. The molecule has 8 heteroatoms. The third kappa shape index (κ3) is 3.50. The molecule has 0 bridgehead atoms. The second-order valence-electron chi connectivity index (χ2n) is 7.19. The van der Waals surface area contributed by atoms with E-state index in [0.29, 0.717) is 29.0 Å². The number of carbonyl (C=O) groups excluding carboxylic acids is 1. The molecule has 0 radical (unpaired) electrons. The van der Waals surface area contributed by atoms with Crippen LogP contribution < -0.4 is 10.6 Å². The van der Waals surface area contributed by atoms with Gasteiger partial charge in [-0.1, -0.05) is 38.1 Å². The zero-order valence-electron chi connectivity index (χ0n) is 16.1. The number of fused-ring (bicyclic) bond motifs is 1. The number of carbonyl (C=O) groups is 1. The number of alkyl halides is 2. The van der Waals surface area contributed by atoms with Crippen LogP contribution in [0.15, 0.2) is 42.9 Å². The maximum Gasteiger partial charge on any atom is 0.273 e. The van der Waals surface area contributed by atoms with Crippen LogP contribution in [0.25, 0.3) is 22.2 Å². The average molecular weight is 397 g/mol. The lowest BCUT2D eigenvalue weighted by atomic mass is 10.0. The van der Waals surface area contributed by atoms with Crippen LogP contribution in [0.4, 0.5) is 14.6 Å². The van der Waals surface area contributed by atoms with Gasteiger partial charge in [-0.15, -0.1) is 0 Å². The highest BCUT2D eigenvalue weighted by Crippen LogP contribution is 2.34. The Labute approximate surface area is 166 Å².